The predicted octanol–water partition coefficient (Wildman–Crippen LogP) is 2.31. The number of sulfonamides is 1. The van der Waals surface area contributed by atoms with Crippen molar-refractivity contribution in [2.24, 2.45) is 5.92 Å². The molecule has 1 saturated carbocycles. The van der Waals surface area contributed by atoms with E-state index in [1.54, 1.807) is 0 Å². The average Bonchev–Trinajstić information content (AvgIpc) is 2.95. The van der Waals surface area contributed by atoms with Gasteiger partial charge in [-0.15, -0.1) is 0 Å². The Labute approximate surface area is 145 Å². The van der Waals surface area contributed by atoms with E-state index in [-0.39, 0.29) is 28.1 Å². The van der Waals surface area contributed by atoms with E-state index in [0.717, 1.165) is 29.6 Å². The van der Waals surface area contributed by atoms with E-state index < -0.39 is 27.0 Å². The lowest BCUT2D eigenvalue weighted by Crippen LogP contribution is -2.46. The molecule has 2 fully saturated rings. The second-order valence-corrected chi connectivity index (χ2v) is 8.56. The van der Waals surface area contributed by atoms with Gasteiger partial charge in [-0.1, -0.05) is 12.8 Å². The van der Waals surface area contributed by atoms with Gasteiger partial charge in [0, 0.05) is 18.2 Å². The number of hydrogen-bond donors (Lipinski definition) is 1. The van der Waals surface area contributed by atoms with E-state index in [4.69, 9.17) is 0 Å². The van der Waals surface area contributed by atoms with Crippen LogP contribution >= 0.6 is 0 Å². The number of aliphatic carboxylic acids is 1. The molecular weight excluding hydrogens is 348 g/mol. The highest BCUT2D eigenvalue weighted by Crippen LogP contribution is 2.43. The summed E-state index contributed by atoms with van der Waals surface area (Å²) in [5.41, 5.74) is 0.0563. The highest BCUT2D eigenvalue weighted by atomic mass is 32.2. The number of nitrogens with zero attached hydrogens (tertiary/aromatic N) is 2. The van der Waals surface area contributed by atoms with Crippen LogP contribution in [0.2, 0.25) is 0 Å². The van der Waals surface area contributed by atoms with Gasteiger partial charge in [0.25, 0.3) is 5.69 Å². The van der Waals surface area contributed by atoms with Crippen LogP contribution in [-0.2, 0) is 14.8 Å². The topological polar surface area (TPSA) is 118 Å². The lowest BCUT2D eigenvalue weighted by Gasteiger charge is -2.32. The van der Waals surface area contributed by atoms with Gasteiger partial charge in [-0.3, -0.25) is 14.9 Å². The van der Waals surface area contributed by atoms with Crippen LogP contribution in [0.1, 0.15) is 37.7 Å². The van der Waals surface area contributed by atoms with Crippen molar-refractivity contribution in [3.63, 3.8) is 0 Å². The summed E-state index contributed by atoms with van der Waals surface area (Å²) >= 11 is 0. The Morgan fingerprint density at radius 1 is 1.32 bits per heavy atom. The molecule has 1 saturated heterocycles. The van der Waals surface area contributed by atoms with Crippen LogP contribution in [-0.4, -0.2) is 40.8 Å². The van der Waals surface area contributed by atoms with Crippen LogP contribution < -0.4 is 0 Å². The molecule has 0 aromatic heterocycles. The normalized spacial score (nSPS) is 27.0. The average molecular weight is 368 g/mol. The molecule has 1 heterocycles. The van der Waals surface area contributed by atoms with Crippen molar-refractivity contribution in [2.75, 3.05) is 0 Å². The molecule has 0 radical (unpaired) electrons. The lowest BCUT2D eigenvalue weighted by atomic mass is 9.85. The summed E-state index contributed by atoms with van der Waals surface area (Å²) in [6, 6.07) is 2.17. The first kappa shape index (κ1) is 17.8. The first-order chi connectivity index (χ1) is 11.7. The zero-order valence-corrected chi connectivity index (χ0v) is 14.6. The first-order valence-electron chi connectivity index (χ1n) is 8.25. The van der Waals surface area contributed by atoms with Gasteiger partial charge in [-0.25, -0.2) is 8.42 Å². The SMILES string of the molecule is Cc1cc([N+](=O)[O-])ccc1S(=O)(=O)N1C(C(=O)O)CC2CCCCC21. The second-order valence-electron chi connectivity index (χ2n) is 6.74. The largest absolute Gasteiger partial charge is 0.480 e. The maximum Gasteiger partial charge on any atom is 0.322 e. The van der Waals surface area contributed by atoms with Crippen molar-refractivity contribution < 1.29 is 23.2 Å². The maximum atomic E-state index is 13.2. The summed E-state index contributed by atoms with van der Waals surface area (Å²) in [4.78, 5) is 21.9. The van der Waals surface area contributed by atoms with Crippen LogP contribution in [0.3, 0.4) is 0 Å². The van der Waals surface area contributed by atoms with Crippen LogP contribution in [0.25, 0.3) is 0 Å². The zero-order valence-electron chi connectivity index (χ0n) is 13.8. The summed E-state index contributed by atoms with van der Waals surface area (Å²) in [6.45, 7) is 1.49. The van der Waals surface area contributed by atoms with E-state index in [1.165, 1.54) is 19.1 Å². The van der Waals surface area contributed by atoms with Crippen molar-refractivity contribution in [1.29, 1.82) is 0 Å². The van der Waals surface area contributed by atoms with Crippen LogP contribution in [0.4, 0.5) is 5.69 Å². The van der Waals surface area contributed by atoms with E-state index in [2.05, 4.69) is 0 Å². The fourth-order valence-corrected chi connectivity index (χ4v) is 6.20. The summed E-state index contributed by atoms with van der Waals surface area (Å²) in [5, 5.41) is 20.4. The minimum atomic E-state index is -4.05. The van der Waals surface area contributed by atoms with E-state index in [0.29, 0.717) is 12.8 Å². The number of carbonyl (C=O) groups is 1. The van der Waals surface area contributed by atoms with Crippen LogP contribution in [0, 0.1) is 23.0 Å². The fraction of sp³-hybridized carbons (Fsp3) is 0.562. The number of benzene rings is 1. The minimum Gasteiger partial charge on any atom is -0.480 e. The first-order valence-corrected chi connectivity index (χ1v) is 9.69. The molecule has 25 heavy (non-hydrogen) atoms. The minimum absolute atomic E-state index is 0.0583. The highest BCUT2D eigenvalue weighted by molar-refractivity contribution is 7.89. The Bertz CT molecular complexity index is 822. The van der Waals surface area contributed by atoms with Gasteiger partial charge in [0.15, 0.2) is 0 Å². The standard InChI is InChI=1S/C16H20N2O6S/c1-10-8-12(18(21)22)6-7-15(10)25(23,24)17-13-5-3-2-4-11(13)9-14(17)16(19)20/h6-8,11,13-14H,2-5,9H2,1H3,(H,19,20). The summed E-state index contributed by atoms with van der Waals surface area (Å²) < 4.78 is 27.5. The van der Waals surface area contributed by atoms with Crippen LogP contribution in [0.5, 0.6) is 0 Å². The Kier molecular flexibility index (Phi) is 4.54. The quantitative estimate of drug-likeness (QED) is 0.643. The number of nitro groups is 1. The number of nitro benzene ring substituents is 1. The molecule has 3 unspecified atom stereocenters. The molecular formula is C16H20N2O6S. The number of carboxylic acid groups (broad SMARTS) is 1. The van der Waals surface area contributed by atoms with Crippen molar-refractivity contribution in [1.82, 2.24) is 4.31 Å². The molecule has 1 aliphatic heterocycles. The Morgan fingerprint density at radius 2 is 2.00 bits per heavy atom. The predicted molar refractivity (Wildman–Crippen MR) is 88.6 cm³/mol. The number of non-ortho nitro benzene ring substituents is 1. The Balaban J connectivity index is 2.05. The number of carboxylic acids is 1. The Morgan fingerprint density at radius 3 is 2.60 bits per heavy atom. The fourth-order valence-electron chi connectivity index (χ4n) is 4.13. The molecule has 0 spiro atoms. The summed E-state index contributed by atoms with van der Waals surface area (Å²) in [7, 11) is -4.05. The third-order valence-corrected chi connectivity index (χ3v) is 7.33. The smallest absolute Gasteiger partial charge is 0.322 e. The van der Waals surface area contributed by atoms with Crippen molar-refractivity contribution in [3.05, 3.63) is 33.9 Å². The number of fused-ring (bicyclic) bond motifs is 1. The summed E-state index contributed by atoms with van der Waals surface area (Å²) in [5.74, 6) is -1.08. The van der Waals surface area contributed by atoms with Crippen molar-refractivity contribution in [3.8, 4) is 0 Å². The molecule has 1 aliphatic carbocycles. The van der Waals surface area contributed by atoms with Gasteiger partial charge in [0.1, 0.15) is 6.04 Å². The molecule has 1 aromatic rings. The zero-order chi connectivity index (χ0) is 18.4. The molecule has 3 atom stereocenters. The van der Waals surface area contributed by atoms with Gasteiger partial charge < -0.3 is 5.11 Å². The van der Waals surface area contributed by atoms with Gasteiger partial charge in [0.05, 0.1) is 9.82 Å². The number of aryl methyl sites for hydroxylation is 1. The maximum absolute atomic E-state index is 13.2. The third-order valence-electron chi connectivity index (χ3n) is 5.24. The third kappa shape index (κ3) is 3.02. The van der Waals surface area contributed by atoms with E-state index in [9.17, 15) is 28.4 Å². The molecule has 2 aliphatic rings. The molecule has 1 aromatic carbocycles. The monoisotopic (exact) mass is 368 g/mol. The molecule has 1 N–H and O–H groups in total. The van der Waals surface area contributed by atoms with Crippen molar-refractivity contribution >= 4 is 21.7 Å². The molecule has 0 bridgehead atoms. The second kappa shape index (κ2) is 6.38. The van der Waals surface area contributed by atoms with Gasteiger partial charge in [0.2, 0.25) is 10.0 Å². The number of hydrogen-bond acceptors (Lipinski definition) is 5. The van der Waals surface area contributed by atoms with E-state index in [1.807, 2.05) is 0 Å². The van der Waals surface area contributed by atoms with Crippen molar-refractivity contribution in [2.45, 2.75) is 56.0 Å². The molecule has 3 rings (SSSR count). The van der Waals surface area contributed by atoms with Gasteiger partial charge >= 0.3 is 5.97 Å². The van der Waals surface area contributed by atoms with Gasteiger partial charge in [-0.2, -0.15) is 4.31 Å². The molecule has 136 valence electrons. The molecule has 0 amide bonds. The van der Waals surface area contributed by atoms with Crippen LogP contribution in [0.15, 0.2) is 23.1 Å². The number of rotatable bonds is 4. The summed E-state index contributed by atoms with van der Waals surface area (Å²) in [6.07, 6.45) is 3.67. The Hall–Kier alpha value is -2.00. The lowest BCUT2D eigenvalue weighted by molar-refractivity contribution is -0.385. The molecule has 8 nitrogen and oxygen atoms in total. The van der Waals surface area contributed by atoms with Gasteiger partial charge in [-0.05, 0) is 43.7 Å². The van der Waals surface area contributed by atoms with E-state index >= 15 is 0 Å². The molecule has 9 heteroatoms. The highest BCUT2D eigenvalue weighted by Gasteiger charge is 2.51.